The fourth-order valence-corrected chi connectivity index (χ4v) is 3.51. The van der Waals surface area contributed by atoms with Crippen molar-refractivity contribution in [1.29, 1.82) is 0 Å². The first-order chi connectivity index (χ1) is 8.52. The zero-order valence-corrected chi connectivity index (χ0v) is 12.0. The van der Waals surface area contributed by atoms with E-state index in [4.69, 9.17) is 4.74 Å². The molecule has 1 saturated carbocycles. The molecule has 1 aliphatic carbocycles. The quantitative estimate of drug-likeness (QED) is 0.770. The summed E-state index contributed by atoms with van der Waals surface area (Å²) in [5, 5.41) is 3.20. The van der Waals surface area contributed by atoms with Gasteiger partial charge in [0.1, 0.15) is 5.54 Å². The Morgan fingerprint density at radius 1 is 1.33 bits per heavy atom. The number of carbonyl (C=O) groups is 1. The van der Waals surface area contributed by atoms with Crippen molar-refractivity contribution >= 4 is 5.97 Å². The second kappa shape index (κ2) is 5.17. The van der Waals surface area contributed by atoms with E-state index in [1.165, 1.54) is 20.2 Å². The maximum absolute atomic E-state index is 12.0. The number of hydrogen-bond acceptors (Lipinski definition) is 4. The van der Waals surface area contributed by atoms with E-state index < -0.39 is 5.54 Å². The lowest BCUT2D eigenvalue weighted by molar-refractivity contribution is -0.148. The number of hydrogen-bond donors (Lipinski definition) is 1. The fraction of sp³-hybridized carbons (Fsp3) is 0.929. The molecule has 0 aromatic heterocycles. The van der Waals surface area contributed by atoms with Gasteiger partial charge in [0, 0.05) is 19.1 Å². The van der Waals surface area contributed by atoms with Gasteiger partial charge in [-0.1, -0.05) is 13.8 Å². The molecular formula is C14H26N2O2. The highest BCUT2D eigenvalue weighted by Gasteiger charge is 2.47. The number of likely N-dealkylation sites (tertiary alicyclic amines) is 1. The van der Waals surface area contributed by atoms with Crippen LogP contribution in [-0.2, 0) is 9.53 Å². The molecule has 4 unspecified atom stereocenters. The van der Waals surface area contributed by atoms with E-state index in [9.17, 15) is 4.79 Å². The molecular weight excluding hydrogens is 228 g/mol. The predicted molar refractivity (Wildman–Crippen MR) is 71.3 cm³/mol. The molecule has 2 fully saturated rings. The van der Waals surface area contributed by atoms with Crippen molar-refractivity contribution in [3.8, 4) is 0 Å². The Bertz CT molecular complexity index is 311. The molecule has 0 aromatic rings. The number of nitrogens with zero attached hydrogens (tertiary/aromatic N) is 1. The second-order valence-electron chi connectivity index (χ2n) is 6.13. The van der Waals surface area contributed by atoms with E-state index in [1.807, 2.05) is 7.05 Å². The third-order valence-electron chi connectivity index (χ3n) is 5.08. The third kappa shape index (κ3) is 2.28. The van der Waals surface area contributed by atoms with Gasteiger partial charge in [0.2, 0.25) is 0 Å². The van der Waals surface area contributed by atoms with Crippen LogP contribution in [0.5, 0.6) is 0 Å². The van der Waals surface area contributed by atoms with Crippen LogP contribution < -0.4 is 5.32 Å². The van der Waals surface area contributed by atoms with Crippen molar-refractivity contribution in [2.75, 3.05) is 27.2 Å². The second-order valence-corrected chi connectivity index (χ2v) is 6.13. The van der Waals surface area contributed by atoms with E-state index in [0.29, 0.717) is 6.04 Å². The van der Waals surface area contributed by atoms with Gasteiger partial charge >= 0.3 is 5.97 Å². The summed E-state index contributed by atoms with van der Waals surface area (Å²) in [6, 6.07) is 0.531. The van der Waals surface area contributed by atoms with Gasteiger partial charge in [0.15, 0.2) is 0 Å². The van der Waals surface area contributed by atoms with E-state index in [2.05, 4.69) is 24.1 Å². The van der Waals surface area contributed by atoms with Gasteiger partial charge < -0.3 is 10.1 Å². The number of nitrogens with one attached hydrogen (secondary N) is 1. The molecule has 2 aliphatic rings. The molecule has 1 heterocycles. The van der Waals surface area contributed by atoms with Gasteiger partial charge in [-0.15, -0.1) is 0 Å². The summed E-state index contributed by atoms with van der Waals surface area (Å²) in [5.74, 6) is 1.44. The van der Waals surface area contributed by atoms with Crippen LogP contribution in [0.1, 0.15) is 33.1 Å². The van der Waals surface area contributed by atoms with E-state index in [0.717, 1.165) is 31.1 Å². The number of esters is 1. The summed E-state index contributed by atoms with van der Waals surface area (Å²) >= 11 is 0. The van der Waals surface area contributed by atoms with Gasteiger partial charge in [-0.05, 0) is 38.1 Å². The molecule has 104 valence electrons. The minimum atomic E-state index is -0.450. The van der Waals surface area contributed by atoms with Crippen LogP contribution in [0, 0.1) is 11.8 Å². The Morgan fingerprint density at radius 2 is 1.94 bits per heavy atom. The van der Waals surface area contributed by atoms with Gasteiger partial charge in [0.25, 0.3) is 0 Å². The van der Waals surface area contributed by atoms with Crippen LogP contribution >= 0.6 is 0 Å². The Kier molecular flexibility index (Phi) is 3.97. The lowest BCUT2D eigenvalue weighted by atomic mass is 9.97. The first-order valence-corrected chi connectivity index (χ1v) is 7.04. The van der Waals surface area contributed by atoms with Crippen molar-refractivity contribution in [2.24, 2.45) is 11.8 Å². The third-order valence-corrected chi connectivity index (χ3v) is 5.08. The molecule has 2 rings (SSSR count). The highest BCUT2D eigenvalue weighted by molar-refractivity contribution is 5.81. The predicted octanol–water partition coefficient (Wildman–Crippen LogP) is 1.26. The molecule has 1 saturated heterocycles. The minimum absolute atomic E-state index is 0.104. The number of ether oxygens (including phenoxy) is 1. The number of likely N-dealkylation sites (N-methyl/N-ethyl adjacent to an activating group) is 1. The molecule has 1 aliphatic heterocycles. The van der Waals surface area contributed by atoms with Gasteiger partial charge in [-0.25, -0.2) is 0 Å². The highest BCUT2D eigenvalue weighted by Crippen LogP contribution is 2.37. The molecule has 4 atom stereocenters. The van der Waals surface area contributed by atoms with Crippen molar-refractivity contribution in [2.45, 2.75) is 44.7 Å². The number of carbonyl (C=O) groups excluding carboxylic acids is 1. The van der Waals surface area contributed by atoms with Crippen molar-refractivity contribution in [3.63, 3.8) is 0 Å². The zero-order chi connectivity index (χ0) is 13.3. The van der Waals surface area contributed by atoms with Crippen LogP contribution in [0.4, 0.5) is 0 Å². The Morgan fingerprint density at radius 3 is 2.44 bits per heavy atom. The lowest BCUT2D eigenvalue weighted by Gasteiger charge is -2.28. The molecule has 18 heavy (non-hydrogen) atoms. The summed E-state index contributed by atoms with van der Waals surface area (Å²) in [4.78, 5) is 14.5. The molecule has 0 aromatic carbocycles. The first-order valence-electron chi connectivity index (χ1n) is 7.04. The van der Waals surface area contributed by atoms with Crippen molar-refractivity contribution < 1.29 is 9.53 Å². The van der Waals surface area contributed by atoms with Gasteiger partial charge in [-0.2, -0.15) is 0 Å². The summed E-state index contributed by atoms with van der Waals surface area (Å²) in [5.41, 5.74) is -0.450. The topological polar surface area (TPSA) is 41.6 Å². The van der Waals surface area contributed by atoms with E-state index in [1.54, 1.807) is 0 Å². The van der Waals surface area contributed by atoms with Crippen LogP contribution in [0.3, 0.4) is 0 Å². The molecule has 0 spiro atoms. The molecule has 0 bridgehead atoms. The van der Waals surface area contributed by atoms with Gasteiger partial charge in [0.05, 0.1) is 7.11 Å². The highest BCUT2D eigenvalue weighted by atomic mass is 16.5. The van der Waals surface area contributed by atoms with Crippen molar-refractivity contribution in [1.82, 2.24) is 10.2 Å². The van der Waals surface area contributed by atoms with Gasteiger partial charge in [-0.3, -0.25) is 9.69 Å². The fourth-order valence-electron chi connectivity index (χ4n) is 3.51. The van der Waals surface area contributed by atoms with Crippen molar-refractivity contribution in [3.05, 3.63) is 0 Å². The normalized spacial score (nSPS) is 41.2. The zero-order valence-electron chi connectivity index (χ0n) is 12.0. The first kappa shape index (κ1) is 13.8. The van der Waals surface area contributed by atoms with E-state index in [-0.39, 0.29) is 5.97 Å². The number of rotatable bonds is 3. The maximum atomic E-state index is 12.0. The Labute approximate surface area is 110 Å². The monoisotopic (exact) mass is 254 g/mol. The summed E-state index contributed by atoms with van der Waals surface area (Å²) in [7, 11) is 3.35. The Balaban J connectivity index is 2.01. The molecule has 0 amide bonds. The van der Waals surface area contributed by atoms with Crippen LogP contribution in [-0.4, -0.2) is 49.7 Å². The van der Waals surface area contributed by atoms with Crippen LogP contribution in [0.15, 0.2) is 0 Å². The van der Waals surface area contributed by atoms with Crippen LogP contribution in [0.2, 0.25) is 0 Å². The summed E-state index contributed by atoms with van der Waals surface area (Å²) in [6.45, 7) is 7.00. The SMILES string of the molecule is CNC1(C(=O)OC)CCC(N2CC(C)C(C)C2)C1. The van der Waals surface area contributed by atoms with Crippen LogP contribution in [0.25, 0.3) is 0 Å². The van der Waals surface area contributed by atoms with E-state index >= 15 is 0 Å². The average Bonchev–Trinajstić information content (AvgIpc) is 2.94. The molecule has 0 radical (unpaired) electrons. The smallest absolute Gasteiger partial charge is 0.326 e. The Hall–Kier alpha value is -0.610. The molecule has 4 nitrogen and oxygen atoms in total. The molecule has 1 N–H and O–H groups in total. The average molecular weight is 254 g/mol. The maximum Gasteiger partial charge on any atom is 0.326 e. The largest absolute Gasteiger partial charge is 0.468 e. The number of methoxy groups -OCH3 is 1. The molecule has 4 heteroatoms. The summed E-state index contributed by atoms with van der Waals surface area (Å²) in [6.07, 6.45) is 2.87. The summed E-state index contributed by atoms with van der Waals surface area (Å²) < 4.78 is 4.96. The lowest BCUT2D eigenvalue weighted by Crippen LogP contribution is -2.50. The minimum Gasteiger partial charge on any atom is -0.468 e. The standard InChI is InChI=1S/C14H26N2O2/c1-10-8-16(9-11(10)2)12-5-6-14(7-12,15-3)13(17)18-4/h10-12,15H,5-9H2,1-4H3.